The van der Waals surface area contributed by atoms with Gasteiger partial charge in [0.25, 0.3) is 0 Å². The molecule has 0 unspecified atom stereocenters. The van der Waals surface area contributed by atoms with E-state index in [9.17, 15) is 9.59 Å². The van der Waals surface area contributed by atoms with Crippen LogP contribution in [0.3, 0.4) is 0 Å². The highest BCUT2D eigenvalue weighted by molar-refractivity contribution is 7.99. The predicted octanol–water partition coefficient (Wildman–Crippen LogP) is 1.79. The zero-order valence-corrected chi connectivity index (χ0v) is 11.3. The van der Waals surface area contributed by atoms with Crippen LogP contribution in [0.4, 0.5) is 5.69 Å². The van der Waals surface area contributed by atoms with Gasteiger partial charge in [0.2, 0.25) is 5.91 Å². The number of nitriles is 1. The summed E-state index contributed by atoms with van der Waals surface area (Å²) in [6, 6.07) is 8.64. The molecule has 0 radical (unpaired) electrons. The fraction of sp³-hybridized carbons (Fsp3) is 0.308. The molecule has 0 atom stereocenters. The quantitative estimate of drug-likeness (QED) is 0.634. The Labute approximate surface area is 115 Å². The molecule has 1 amide bonds. The summed E-state index contributed by atoms with van der Waals surface area (Å²) in [6.07, 6.45) is 0.321. The Hall–Kier alpha value is -2.00. The molecule has 1 N–H and O–H groups in total. The Morgan fingerprint density at radius 3 is 2.63 bits per heavy atom. The number of benzene rings is 1. The number of carbonyl (C=O) groups is 2. The van der Waals surface area contributed by atoms with Crippen LogP contribution >= 0.6 is 11.8 Å². The summed E-state index contributed by atoms with van der Waals surface area (Å²) in [5.41, 5.74) is 1.20. The number of nitrogens with zero attached hydrogens (tertiary/aromatic N) is 1. The van der Waals surface area contributed by atoms with E-state index in [1.54, 1.807) is 24.3 Å². The van der Waals surface area contributed by atoms with Crippen molar-refractivity contribution < 1.29 is 14.3 Å². The van der Waals surface area contributed by atoms with Crippen LogP contribution in [0.15, 0.2) is 24.3 Å². The van der Waals surface area contributed by atoms with E-state index < -0.39 is 0 Å². The largest absolute Gasteiger partial charge is 0.468 e. The summed E-state index contributed by atoms with van der Waals surface area (Å²) in [4.78, 5) is 22.4. The van der Waals surface area contributed by atoms with Crippen LogP contribution in [0.25, 0.3) is 0 Å². The molecule has 19 heavy (non-hydrogen) atoms. The number of anilines is 1. The number of hydrogen-bond donors (Lipinski definition) is 1. The van der Waals surface area contributed by atoms with Gasteiger partial charge in [0, 0.05) is 17.9 Å². The Balaban J connectivity index is 2.27. The molecule has 5 nitrogen and oxygen atoms in total. The molecule has 0 aromatic heterocycles. The normalized spacial score (nSPS) is 9.47. The number of rotatable bonds is 6. The summed E-state index contributed by atoms with van der Waals surface area (Å²) in [6.45, 7) is 0. The first-order valence-electron chi connectivity index (χ1n) is 5.60. The average Bonchev–Trinajstić information content (AvgIpc) is 2.44. The van der Waals surface area contributed by atoms with Gasteiger partial charge in [-0.2, -0.15) is 5.26 Å². The van der Waals surface area contributed by atoms with Crippen molar-refractivity contribution in [2.24, 2.45) is 0 Å². The minimum absolute atomic E-state index is 0.123. The van der Waals surface area contributed by atoms with Gasteiger partial charge in [-0.15, -0.1) is 11.8 Å². The number of esters is 1. The maximum Gasteiger partial charge on any atom is 0.315 e. The van der Waals surface area contributed by atoms with E-state index in [0.717, 1.165) is 0 Å². The van der Waals surface area contributed by atoms with Crippen molar-refractivity contribution in [2.45, 2.75) is 6.42 Å². The van der Waals surface area contributed by atoms with Gasteiger partial charge in [0.15, 0.2) is 0 Å². The molecule has 1 aromatic rings. The summed E-state index contributed by atoms with van der Waals surface area (Å²) in [7, 11) is 1.33. The zero-order chi connectivity index (χ0) is 14.1. The number of nitrogens with one attached hydrogen (secondary N) is 1. The van der Waals surface area contributed by atoms with E-state index in [1.807, 2.05) is 6.07 Å². The van der Waals surface area contributed by atoms with Crippen molar-refractivity contribution in [1.82, 2.24) is 0 Å². The molecule has 0 aliphatic carbocycles. The van der Waals surface area contributed by atoms with Crippen molar-refractivity contribution >= 4 is 29.3 Å². The maximum atomic E-state index is 11.6. The van der Waals surface area contributed by atoms with E-state index in [0.29, 0.717) is 23.4 Å². The minimum atomic E-state index is -0.294. The van der Waals surface area contributed by atoms with Crippen molar-refractivity contribution in [2.75, 3.05) is 23.9 Å². The van der Waals surface area contributed by atoms with Crippen LogP contribution < -0.4 is 5.32 Å². The molecule has 0 saturated carbocycles. The molecular formula is C13H14N2O3S. The molecule has 1 rings (SSSR count). The molecule has 6 heteroatoms. The van der Waals surface area contributed by atoms with Crippen LogP contribution in [0.1, 0.15) is 12.0 Å². The van der Waals surface area contributed by atoms with Gasteiger partial charge in [0.05, 0.1) is 24.5 Å². The standard InChI is InChI=1S/C13H14N2O3S/c1-18-13(17)9-19-7-6-12(16)15-11-4-2-10(8-14)3-5-11/h2-5H,6-7,9H2,1H3,(H,15,16). The summed E-state index contributed by atoms with van der Waals surface area (Å²) in [5, 5.41) is 11.4. The number of hydrogen-bond acceptors (Lipinski definition) is 5. The van der Waals surface area contributed by atoms with Crippen molar-refractivity contribution in [3.8, 4) is 6.07 Å². The molecule has 0 bridgehead atoms. The third-order valence-corrected chi connectivity index (χ3v) is 3.15. The third-order valence-electron chi connectivity index (χ3n) is 2.22. The van der Waals surface area contributed by atoms with Gasteiger partial charge in [-0.3, -0.25) is 9.59 Å². The summed E-state index contributed by atoms with van der Waals surface area (Å²) in [5.74, 6) is 0.386. The molecule has 0 fully saturated rings. The monoisotopic (exact) mass is 278 g/mol. The van der Waals surface area contributed by atoms with Gasteiger partial charge >= 0.3 is 5.97 Å². The Morgan fingerprint density at radius 2 is 2.05 bits per heavy atom. The minimum Gasteiger partial charge on any atom is -0.468 e. The van der Waals surface area contributed by atoms with Crippen LogP contribution in [-0.4, -0.2) is 30.5 Å². The SMILES string of the molecule is COC(=O)CSCCC(=O)Nc1ccc(C#N)cc1. The Morgan fingerprint density at radius 1 is 1.37 bits per heavy atom. The fourth-order valence-corrected chi connectivity index (χ4v) is 1.99. The molecule has 0 spiro atoms. The number of carbonyl (C=O) groups excluding carboxylic acids is 2. The summed E-state index contributed by atoms with van der Waals surface area (Å²) < 4.78 is 4.49. The topological polar surface area (TPSA) is 79.2 Å². The van der Waals surface area contributed by atoms with Gasteiger partial charge in [0.1, 0.15) is 0 Å². The van der Waals surface area contributed by atoms with Crippen molar-refractivity contribution in [3.63, 3.8) is 0 Å². The highest BCUT2D eigenvalue weighted by atomic mass is 32.2. The van der Waals surface area contributed by atoms with E-state index in [2.05, 4.69) is 10.1 Å². The first-order valence-corrected chi connectivity index (χ1v) is 6.75. The highest BCUT2D eigenvalue weighted by Gasteiger charge is 2.04. The van der Waals surface area contributed by atoms with E-state index in [4.69, 9.17) is 5.26 Å². The lowest BCUT2D eigenvalue weighted by atomic mass is 10.2. The number of amides is 1. The number of ether oxygens (including phenoxy) is 1. The Bertz CT molecular complexity index is 480. The van der Waals surface area contributed by atoms with Crippen LogP contribution in [0.2, 0.25) is 0 Å². The second kappa shape index (κ2) is 8.16. The average molecular weight is 278 g/mol. The van der Waals surface area contributed by atoms with Gasteiger partial charge in [-0.1, -0.05) is 0 Å². The predicted molar refractivity (Wildman–Crippen MR) is 73.7 cm³/mol. The zero-order valence-electron chi connectivity index (χ0n) is 10.5. The first kappa shape index (κ1) is 15.1. The molecule has 0 aliphatic heterocycles. The molecule has 0 aliphatic rings. The number of thioether (sulfide) groups is 1. The molecular weight excluding hydrogens is 264 g/mol. The molecule has 0 heterocycles. The molecule has 100 valence electrons. The van der Waals surface area contributed by atoms with Gasteiger partial charge in [-0.25, -0.2) is 0 Å². The lowest BCUT2D eigenvalue weighted by molar-refractivity contribution is -0.137. The second-order valence-electron chi connectivity index (χ2n) is 3.62. The lowest BCUT2D eigenvalue weighted by Gasteiger charge is -2.04. The van der Waals surface area contributed by atoms with Crippen molar-refractivity contribution in [1.29, 1.82) is 5.26 Å². The second-order valence-corrected chi connectivity index (χ2v) is 4.72. The highest BCUT2D eigenvalue weighted by Crippen LogP contribution is 2.10. The molecule has 0 saturated heterocycles. The number of methoxy groups -OCH3 is 1. The van der Waals surface area contributed by atoms with Crippen molar-refractivity contribution in [3.05, 3.63) is 29.8 Å². The van der Waals surface area contributed by atoms with Crippen LogP contribution in [-0.2, 0) is 14.3 Å². The van der Waals surface area contributed by atoms with Crippen LogP contribution in [0.5, 0.6) is 0 Å². The van der Waals surface area contributed by atoms with Gasteiger partial charge in [-0.05, 0) is 24.3 Å². The van der Waals surface area contributed by atoms with E-state index in [1.165, 1.54) is 18.9 Å². The van der Waals surface area contributed by atoms with E-state index >= 15 is 0 Å². The summed E-state index contributed by atoms with van der Waals surface area (Å²) >= 11 is 1.35. The van der Waals surface area contributed by atoms with Crippen LogP contribution in [0, 0.1) is 11.3 Å². The maximum absolute atomic E-state index is 11.6. The first-order chi connectivity index (χ1) is 9.15. The lowest BCUT2D eigenvalue weighted by Crippen LogP contribution is -2.13. The van der Waals surface area contributed by atoms with Gasteiger partial charge < -0.3 is 10.1 Å². The Kier molecular flexibility index (Phi) is 6.47. The fourth-order valence-electron chi connectivity index (χ4n) is 1.23. The third kappa shape index (κ3) is 5.93. The van der Waals surface area contributed by atoms with E-state index in [-0.39, 0.29) is 17.6 Å². The molecule has 1 aromatic carbocycles. The smallest absolute Gasteiger partial charge is 0.315 e.